The number of carbonyl (C=O) groups is 2. The second-order valence-electron chi connectivity index (χ2n) is 4.76. The van der Waals surface area contributed by atoms with Crippen LogP contribution >= 0.6 is 15.9 Å². The molecule has 1 aromatic heterocycles. The van der Waals surface area contributed by atoms with E-state index in [9.17, 15) is 14.7 Å². The second-order valence-corrected chi connectivity index (χ2v) is 5.57. The second kappa shape index (κ2) is 7.84. The van der Waals surface area contributed by atoms with Crippen molar-refractivity contribution in [1.82, 2.24) is 10.3 Å². The summed E-state index contributed by atoms with van der Waals surface area (Å²) in [5, 5.41) is 14.5. The third-order valence-corrected chi connectivity index (χ3v) is 2.93. The van der Waals surface area contributed by atoms with Gasteiger partial charge in [0.25, 0.3) is 0 Å². The summed E-state index contributed by atoms with van der Waals surface area (Å²) in [6.07, 6.45) is 1.17. The summed E-state index contributed by atoms with van der Waals surface area (Å²) in [6.45, 7) is 3.91. The van der Waals surface area contributed by atoms with Gasteiger partial charge in [-0.15, -0.1) is 0 Å². The lowest BCUT2D eigenvalue weighted by Crippen LogP contribution is -2.33. The SMILES string of the molecule is CC(C)CCC(=O)NCC(=O)Nc1nc(Br)ccc1O. The summed E-state index contributed by atoms with van der Waals surface area (Å²) in [5.74, 6) is -0.241. The third kappa shape index (κ3) is 6.01. The van der Waals surface area contributed by atoms with Crippen LogP contribution in [0.3, 0.4) is 0 Å². The van der Waals surface area contributed by atoms with Gasteiger partial charge >= 0.3 is 0 Å². The van der Waals surface area contributed by atoms with Crippen LogP contribution in [0.4, 0.5) is 5.82 Å². The molecule has 20 heavy (non-hydrogen) atoms. The smallest absolute Gasteiger partial charge is 0.245 e. The van der Waals surface area contributed by atoms with E-state index in [1.54, 1.807) is 6.07 Å². The molecule has 0 atom stereocenters. The molecule has 0 radical (unpaired) electrons. The molecule has 0 saturated carbocycles. The molecule has 110 valence electrons. The number of amides is 2. The highest BCUT2D eigenvalue weighted by molar-refractivity contribution is 9.10. The number of nitrogens with one attached hydrogen (secondary N) is 2. The molecule has 6 nitrogen and oxygen atoms in total. The average Bonchev–Trinajstić information content (AvgIpc) is 2.38. The number of hydrogen-bond acceptors (Lipinski definition) is 4. The summed E-state index contributed by atoms with van der Waals surface area (Å²) >= 11 is 3.14. The van der Waals surface area contributed by atoms with Crippen LogP contribution in [0.15, 0.2) is 16.7 Å². The summed E-state index contributed by atoms with van der Waals surface area (Å²) < 4.78 is 0.492. The van der Waals surface area contributed by atoms with Gasteiger partial charge in [0.2, 0.25) is 11.8 Å². The molecule has 0 aliphatic carbocycles. The Labute approximate surface area is 126 Å². The first-order valence-corrected chi connectivity index (χ1v) is 7.10. The lowest BCUT2D eigenvalue weighted by Gasteiger charge is -2.08. The van der Waals surface area contributed by atoms with Gasteiger partial charge in [-0.2, -0.15) is 0 Å². The molecule has 7 heteroatoms. The molecule has 0 bridgehead atoms. The number of nitrogens with zero attached hydrogens (tertiary/aromatic N) is 1. The van der Waals surface area contributed by atoms with Crippen LogP contribution in [0.2, 0.25) is 0 Å². The number of rotatable bonds is 6. The lowest BCUT2D eigenvalue weighted by atomic mass is 10.1. The summed E-state index contributed by atoms with van der Waals surface area (Å²) in [4.78, 5) is 27.0. The molecule has 1 heterocycles. The van der Waals surface area contributed by atoms with E-state index in [2.05, 4.69) is 31.5 Å². The molecule has 0 unspecified atom stereocenters. The molecule has 2 amide bonds. The minimum Gasteiger partial charge on any atom is -0.504 e. The van der Waals surface area contributed by atoms with Crippen molar-refractivity contribution < 1.29 is 14.7 Å². The van der Waals surface area contributed by atoms with Crippen LogP contribution in [0.5, 0.6) is 5.75 Å². The predicted molar refractivity (Wildman–Crippen MR) is 79.3 cm³/mol. The highest BCUT2D eigenvalue weighted by atomic mass is 79.9. The van der Waals surface area contributed by atoms with E-state index in [0.717, 1.165) is 6.42 Å². The number of aromatic hydroxyl groups is 1. The fourth-order valence-electron chi connectivity index (χ4n) is 1.38. The van der Waals surface area contributed by atoms with Gasteiger partial charge in [-0.1, -0.05) is 13.8 Å². The van der Waals surface area contributed by atoms with Crippen LogP contribution in [0, 0.1) is 5.92 Å². The van der Waals surface area contributed by atoms with Gasteiger partial charge in [0.15, 0.2) is 11.6 Å². The van der Waals surface area contributed by atoms with Crippen LogP contribution in [0.25, 0.3) is 0 Å². The number of aromatic nitrogens is 1. The number of carbonyl (C=O) groups excluding carboxylic acids is 2. The van der Waals surface area contributed by atoms with Crippen LogP contribution < -0.4 is 10.6 Å². The Hall–Kier alpha value is -1.63. The van der Waals surface area contributed by atoms with Crippen molar-refractivity contribution in [3.05, 3.63) is 16.7 Å². The van der Waals surface area contributed by atoms with E-state index in [0.29, 0.717) is 16.9 Å². The summed E-state index contributed by atoms with van der Waals surface area (Å²) in [7, 11) is 0. The Morgan fingerprint density at radius 1 is 1.35 bits per heavy atom. The summed E-state index contributed by atoms with van der Waals surface area (Å²) in [5.41, 5.74) is 0. The van der Waals surface area contributed by atoms with Gasteiger partial charge in [-0.25, -0.2) is 4.98 Å². The van der Waals surface area contributed by atoms with E-state index in [4.69, 9.17) is 0 Å². The zero-order chi connectivity index (χ0) is 15.1. The molecule has 0 fully saturated rings. The monoisotopic (exact) mass is 343 g/mol. The molecule has 0 spiro atoms. The van der Waals surface area contributed by atoms with Crippen molar-refractivity contribution in [2.75, 3.05) is 11.9 Å². The van der Waals surface area contributed by atoms with Crippen molar-refractivity contribution in [2.24, 2.45) is 5.92 Å². The van der Waals surface area contributed by atoms with E-state index < -0.39 is 5.91 Å². The molecular formula is C13H18BrN3O3. The average molecular weight is 344 g/mol. The highest BCUT2D eigenvalue weighted by Crippen LogP contribution is 2.22. The molecule has 3 N–H and O–H groups in total. The number of anilines is 1. The largest absolute Gasteiger partial charge is 0.504 e. The van der Waals surface area contributed by atoms with E-state index >= 15 is 0 Å². The van der Waals surface area contributed by atoms with Gasteiger partial charge < -0.3 is 15.7 Å². The third-order valence-electron chi connectivity index (χ3n) is 2.49. The standard InChI is InChI=1S/C13H18BrN3O3/c1-8(2)3-6-11(19)15-7-12(20)17-13-9(18)4-5-10(14)16-13/h4-5,8,18H,3,6-7H2,1-2H3,(H,15,19)(H,16,17,20). The highest BCUT2D eigenvalue weighted by Gasteiger charge is 2.10. The van der Waals surface area contributed by atoms with Crippen LogP contribution in [0.1, 0.15) is 26.7 Å². The van der Waals surface area contributed by atoms with Crippen molar-refractivity contribution in [2.45, 2.75) is 26.7 Å². The van der Waals surface area contributed by atoms with Crippen LogP contribution in [-0.2, 0) is 9.59 Å². The first-order chi connectivity index (χ1) is 9.38. The molecule has 0 aliphatic heterocycles. The maximum atomic E-state index is 11.6. The van der Waals surface area contributed by atoms with E-state index in [-0.39, 0.29) is 24.0 Å². The zero-order valence-corrected chi connectivity index (χ0v) is 13.0. The molecular weight excluding hydrogens is 326 g/mol. The lowest BCUT2D eigenvalue weighted by molar-refractivity contribution is -0.124. The Bertz CT molecular complexity index is 492. The Morgan fingerprint density at radius 3 is 2.70 bits per heavy atom. The maximum absolute atomic E-state index is 11.6. The minimum atomic E-state index is -0.441. The molecule has 1 aromatic rings. The molecule has 0 saturated heterocycles. The van der Waals surface area contributed by atoms with Gasteiger partial charge in [-0.05, 0) is 40.4 Å². The van der Waals surface area contributed by atoms with Gasteiger partial charge in [0.1, 0.15) is 4.60 Å². The van der Waals surface area contributed by atoms with Gasteiger partial charge in [0, 0.05) is 6.42 Å². The Morgan fingerprint density at radius 2 is 2.05 bits per heavy atom. The maximum Gasteiger partial charge on any atom is 0.245 e. The Balaban J connectivity index is 2.40. The molecule has 0 aliphatic rings. The Kier molecular flexibility index (Phi) is 6.44. The first kappa shape index (κ1) is 16.4. The zero-order valence-electron chi connectivity index (χ0n) is 11.4. The normalized spacial score (nSPS) is 10.4. The topological polar surface area (TPSA) is 91.3 Å². The minimum absolute atomic E-state index is 0.0563. The van der Waals surface area contributed by atoms with Gasteiger partial charge in [-0.3, -0.25) is 9.59 Å². The van der Waals surface area contributed by atoms with E-state index in [1.807, 2.05) is 13.8 Å². The van der Waals surface area contributed by atoms with Crippen molar-refractivity contribution in [3.8, 4) is 5.75 Å². The number of halogens is 1. The van der Waals surface area contributed by atoms with Crippen molar-refractivity contribution in [1.29, 1.82) is 0 Å². The van der Waals surface area contributed by atoms with Crippen LogP contribution in [-0.4, -0.2) is 28.4 Å². The number of hydrogen-bond donors (Lipinski definition) is 3. The fraction of sp³-hybridized carbons (Fsp3) is 0.462. The van der Waals surface area contributed by atoms with Crippen molar-refractivity contribution >= 4 is 33.6 Å². The molecule has 0 aromatic carbocycles. The number of pyridine rings is 1. The predicted octanol–water partition coefficient (Wildman–Crippen LogP) is 2.04. The quantitative estimate of drug-likeness (QED) is 0.689. The summed E-state index contributed by atoms with van der Waals surface area (Å²) in [6, 6.07) is 2.96. The fourth-order valence-corrected chi connectivity index (χ4v) is 1.69. The van der Waals surface area contributed by atoms with Gasteiger partial charge in [0.05, 0.1) is 6.54 Å². The van der Waals surface area contributed by atoms with Crippen molar-refractivity contribution in [3.63, 3.8) is 0 Å². The first-order valence-electron chi connectivity index (χ1n) is 6.30. The molecule has 1 rings (SSSR count). The van der Waals surface area contributed by atoms with E-state index in [1.165, 1.54) is 6.07 Å².